The lowest BCUT2D eigenvalue weighted by molar-refractivity contribution is -0.0388. The Bertz CT molecular complexity index is 644. The molecule has 3 heterocycles. The summed E-state index contributed by atoms with van der Waals surface area (Å²) in [6.07, 6.45) is 3.21. The molecule has 1 atom stereocenters. The molecule has 1 aliphatic rings. The normalized spacial score (nSPS) is 19.7. The molecule has 0 aromatic carbocycles. The van der Waals surface area contributed by atoms with Crippen LogP contribution in [-0.2, 0) is 12.1 Å². The Morgan fingerprint density at radius 3 is 2.57 bits per heavy atom. The number of aliphatic hydroxyl groups is 1. The van der Waals surface area contributed by atoms with Crippen molar-refractivity contribution < 1.29 is 5.11 Å². The molecule has 1 unspecified atom stereocenters. The maximum absolute atomic E-state index is 10.9. The third-order valence-electron chi connectivity index (χ3n) is 4.93. The first-order chi connectivity index (χ1) is 11.0. The standard InChI is InChI=1S/C18H26N4O/c1-14-12-15(2)22(20-14)13-16(3)21-10-7-18(23,8-11-21)17-6-4-5-9-19-17/h4-6,9,12,16,23H,7-8,10-11,13H2,1-3H3. The van der Waals surface area contributed by atoms with Crippen molar-refractivity contribution in [1.82, 2.24) is 19.7 Å². The molecule has 23 heavy (non-hydrogen) atoms. The van der Waals surface area contributed by atoms with Gasteiger partial charge in [-0.05, 0) is 51.8 Å². The van der Waals surface area contributed by atoms with Gasteiger partial charge in [0.2, 0.25) is 0 Å². The lowest BCUT2D eigenvalue weighted by Crippen LogP contribution is -2.47. The summed E-state index contributed by atoms with van der Waals surface area (Å²) in [5.74, 6) is 0. The predicted octanol–water partition coefficient (Wildman–Crippen LogP) is 2.27. The number of likely N-dealkylation sites (tertiary alicyclic amines) is 1. The zero-order chi connectivity index (χ0) is 16.4. The molecule has 0 saturated carbocycles. The van der Waals surface area contributed by atoms with Gasteiger partial charge in [-0.2, -0.15) is 5.10 Å². The average Bonchev–Trinajstić information content (AvgIpc) is 2.86. The van der Waals surface area contributed by atoms with Crippen LogP contribution in [0.25, 0.3) is 0 Å². The molecule has 0 amide bonds. The fourth-order valence-corrected chi connectivity index (χ4v) is 3.45. The molecular formula is C18H26N4O. The highest BCUT2D eigenvalue weighted by atomic mass is 16.3. The molecule has 1 aliphatic heterocycles. The summed E-state index contributed by atoms with van der Waals surface area (Å²) < 4.78 is 2.08. The SMILES string of the molecule is Cc1cc(C)n(CC(C)N2CCC(O)(c3ccccn3)CC2)n1. The molecule has 2 aromatic heterocycles. The van der Waals surface area contributed by atoms with Crippen LogP contribution >= 0.6 is 0 Å². The van der Waals surface area contributed by atoms with E-state index in [9.17, 15) is 5.11 Å². The van der Waals surface area contributed by atoms with Gasteiger partial charge < -0.3 is 5.11 Å². The zero-order valence-corrected chi connectivity index (χ0v) is 14.2. The van der Waals surface area contributed by atoms with Crippen molar-refractivity contribution in [3.8, 4) is 0 Å². The van der Waals surface area contributed by atoms with E-state index in [2.05, 4.69) is 39.6 Å². The molecule has 0 radical (unpaired) electrons. The van der Waals surface area contributed by atoms with Crippen molar-refractivity contribution >= 4 is 0 Å². The minimum atomic E-state index is -0.782. The largest absolute Gasteiger partial charge is 0.383 e. The first-order valence-electron chi connectivity index (χ1n) is 8.37. The first kappa shape index (κ1) is 16.1. The van der Waals surface area contributed by atoms with Gasteiger partial charge in [0.25, 0.3) is 0 Å². The third kappa shape index (κ3) is 3.46. The van der Waals surface area contributed by atoms with Gasteiger partial charge in [0.15, 0.2) is 0 Å². The number of nitrogens with zero attached hydrogens (tertiary/aromatic N) is 4. The van der Waals surface area contributed by atoms with E-state index in [0.717, 1.165) is 43.9 Å². The molecule has 0 bridgehead atoms. The van der Waals surface area contributed by atoms with Crippen LogP contribution in [0.5, 0.6) is 0 Å². The smallest absolute Gasteiger partial charge is 0.109 e. The summed E-state index contributed by atoms with van der Waals surface area (Å²) in [5, 5.41) is 15.4. The van der Waals surface area contributed by atoms with Gasteiger partial charge in [0, 0.05) is 31.0 Å². The molecule has 3 rings (SSSR count). The molecule has 124 valence electrons. The second kappa shape index (κ2) is 6.42. The molecule has 1 saturated heterocycles. The van der Waals surface area contributed by atoms with Crippen molar-refractivity contribution in [2.45, 2.75) is 51.8 Å². The number of pyridine rings is 1. The number of piperidine rings is 1. The zero-order valence-electron chi connectivity index (χ0n) is 14.2. The van der Waals surface area contributed by atoms with Gasteiger partial charge in [-0.25, -0.2) is 0 Å². The fourth-order valence-electron chi connectivity index (χ4n) is 3.45. The molecule has 0 aliphatic carbocycles. The Kier molecular flexibility index (Phi) is 4.50. The van der Waals surface area contributed by atoms with Gasteiger partial charge in [-0.3, -0.25) is 14.6 Å². The highest BCUT2D eigenvalue weighted by Gasteiger charge is 2.36. The van der Waals surface area contributed by atoms with Gasteiger partial charge >= 0.3 is 0 Å². The number of hydrogen-bond acceptors (Lipinski definition) is 4. The van der Waals surface area contributed by atoms with Crippen LogP contribution in [0, 0.1) is 13.8 Å². The number of aryl methyl sites for hydroxylation is 2. The lowest BCUT2D eigenvalue weighted by atomic mass is 9.87. The molecule has 1 N–H and O–H groups in total. The van der Waals surface area contributed by atoms with E-state index in [4.69, 9.17) is 0 Å². The molecule has 5 heteroatoms. The quantitative estimate of drug-likeness (QED) is 0.940. The topological polar surface area (TPSA) is 54.2 Å². The van der Waals surface area contributed by atoms with Crippen LogP contribution in [0.3, 0.4) is 0 Å². The van der Waals surface area contributed by atoms with E-state index in [1.54, 1.807) is 6.20 Å². The second-order valence-electron chi connectivity index (χ2n) is 6.74. The maximum Gasteiger partial charge on any atom is 0.109 e. The Morgan fingerprint density at radius 1 is 1.26 bits per heavy atom. The van der Waals surface area contributed by atoms with Crippen LogP contribution in [0.2, 0.25) is 0 Å². The second-order valence-corrected chi connectivity index (χ2v) is 6.74. The van der Waals surface area contributed by atoms with E-state index in [-0.39, 0.29) is 0 Å². The van der Waals surface area contributed by atoms with E-state index in [0.29, 0.717) is 6.04 Å². The number of aromatic nitrogens is 3. The van der Waals surface area contributed by atoms with Crippen molar-refractivity contribution in [2.24, 2.45) is 0 Å². The minimum absolute atomic E-state index is 0.404. The average molecular weight is 314 g/mol. The lowest BCUT2D eigenvalue weighted by Gasteiger charge is -2.40. The summed E-state index contributed by atoms with van der Waals surface area (Å²) in [4.78, 5) is 6.78. The summed E-state index contributed by atoms with van der Waals surface area (Å²) in [6, 6.07) is 8.27. The number of rotatable bonds is 4. The van der Waals surface area contributed by atoms with E-state index >= 15 is 0 Å². The van der Waals surface area contributed by atoms with Crippen LogP contribution in [-0.4, -0.2) is 43.9 Å². The van der Waals surface area contributed by atoms with Gasteiger partial charge in [0.05, 0.1) is 17.9 Å². The Balaban J connectivity index is 1.61. The highest BCUT2D eigenvalue weighted by molar-refractivity contribution is 5.14. The van der Waals surface area contributed by atoms with E-state index in [1.165, 1.54) is 5.69 Å². The van der Waals surface area contributed by atoms with Crippen LogP contribution in [0.4, 0.5) is 0 Å². The monoisotopic (exact) mass is 314 g/mol. The molecule has 2 aromatic rings. The molecule has 1 fully saturated rings. The third-order valence-corrected chi connectivity index (χ3v) is 4.93. The maximum atomic E-state index is 10.9. The minimum Gasteiger partial charge on any atom is -0.383 e. The fraction of sp³-hybridized carbons (Fsp3) is 0.556. The van der Waals surface area contributed by atoms with Crippen molar-refractivity contribution in [3.63, 3.8) is 0 Å². The van der Waals surface area contributed by atoms with Crippen molar-refractivity contribution in [1.29, 1.82) is 0 Å². The van der Waals surface area contributed by atoms with Gasteiger partial charge in [-0.1, -0.05) is 6.07 Å². The summed E-state index contributed by atoms with van der Waals surface area (Å²) in [5.41, 5.74) is 2.29. The molecule has 5 nitrogen and oxygen atoms in total. The van der Waals surface area contributed by atoms with E-state index < -0.39 is 5.60 Å². The number of hydrogen-bond donors (Lipinski definition) is 1. The predicted molar refractivity (Wildman–Crippen MR) is 90.1 cm³/mol. The summed E-state index contributed by atoms with van der Waals surface area (Å²) in [7, 11) is 0. The highest BCUT2D eigenvalue weighted by Crippen LogP contribution is 2.32. The van der Waals surface area contributed by atoms with Crippen LogP contribution < -0.4 is 0 Å². The van der Waals surface area contributed by atoms with Crippen LogP contribution in [0.15, 0.2) is 30.5 Å². The first-order valence-corrected chi connectivity index (χ1v) is 8.37. The van der Waals surface area contributed by atoms with E-state index in [1.807, 2.05) is 25.1 Å². The van der Waals surface area contributed by atoms with Gasteiger partial charge in [-0.15, -0.1) is 0 Å². The van der Waals surface area contributed by atoms with Gasteiger partial charge in [0.1, 0.15) is 5.60 Å². The Morgan fingerprint density at radius 2 is 2.00 bits per heavy atom. The molecule has 0 spiro atoms. The summed E-state index contributed by atoms with van der Waals surface area (Å²) in [6.45, 7) is 9.02. The summed E-state index contributed by atoms with van der Waals surface area (Å²) >= 11 is 0. The van der Waals surface area contributed by atoms with Crippen LogP contribution in [0.1, 0.15) is 36.8 Å². The molecular weight excluding hydrogens is 288 g/mol. The van der Waals surface area contributed by atoms with Crippen molar-refractivity contribution in [2.75, 3.05) is 13.1 Å². The van der Waals surface area contributed by atoms with Crippen molar-refractivity contribution in [3.05, 3.63) is 47.5 Å². The Hall–Kier alpha value is -1.72. The Labute approximate surface area is 138 Å².